The van der Waals surface area contributed by atoms with Gasteiger partial charge in [-0.1, -0.05) is 24.3 Å². The zero-order valence-electron chi connectivity index (χ0n) is 16.9. The highest BCUT2D eigenvalue weighted by Crippen LogP contribution is 2.33. The fourth-order valence-corrected chi connectivity index (χ4v) is 3.93. The first-order chi connectivity index (χ1) is 15.4. The van der Waals surface area contributed by atoms with Crippen molar-refractivity contribution < 1.29 is 27.4 Å². The average molecular weight is 463 g/mol. The first kappa shape index (κ1) is 22.3. The Morgan fingerprint density at radius 3 is 2.56 bits per heavy atom. The molecule has 2 heterocycles. The molecule has 1 fully saturated rings. The third-order valence-electron chi connectivity index (χ3n) is 4.80. The quantitative estimate of drug-likeness (QED) is 0.588. The predicted octanol–water partition coefficient (Wildman–Crippen LogP) is 4.38. The number of hydrogen-bond acceptors (Lipinski definition) is 6. The van der Waals surface area contributed by atoms with Gasteiger partial charge < -0.3 is 9.47 Å². The van der Waals surface area contributed by atoms with E-state index in [-0.39, 0.29) is 12.5 Å². The Kier molecular flexibility index (Phi) is 6.73. The summed E-state index contributed by atoms with van der Waals surface area (Å²) in [6.45, 7) is 2.45. The summed E-state index contributed by atoms with van der Waals surface area (Å²) in [5.74, 6) is 0.236. The lowest BCUT2D eigenvalue weighted by Crippen LogP contribution is -2.48. The molecule has 10 heteroatoms. The van der Waals surface area contributed by atoms with Crippen molar-refractivity contribution in [3.05, 3.63) is 70.7 Å². The number of benzene rings is 2. The maximum Gasteiger partial charge on any atom is 0.416 e. The van der Waals surface area contributed by atoms with Crippen LogP contribution in [0.2, 0.25) is 0 Å². The van der Waals surface area contributed by atoms with Gasteiger partial charge in [-0.3, -0.25) is 10.2 Å². The van der Waals surface area contributed by atoms with E-state index in [2.05, 4.69) is 10.4 Å². The fraction of sp³-hybridized carbons (Fsp3) is 0.273. The first-order valence-electron chi connectivity index (χ1n) is 9.88. The van der Waals surface area contributed by atoms with Crippen LogP contribution in [0.15, 0.2) is 53.9 Å². The van der Waals surface area contributed by atoms with Crippen LogP contribution in [-0.2, 0) is 17.5 Å². The van der Waals surface area contributed by atoms with Crippen LogP contribution in [0.4, 0.5) is 13.2 Å². The van der Waals surface area contributed by atoms with Gasteiger partial charge >= 0.3 is 6.18 Å². The molecule has 0 saturated carbocycles. The van der Waals surface area contributed by atoms with Crippen molar-refractivity contribution in [2.24, 2.45) is 0 Å². The van der Waals surface area contributed by atoms with Crippen LogP contribution in [0.3, 0.4) is 0 Å². The van der Waals surface area contributed by atoms with E-state index >= 15 is 0 Å². The Bertz CT molecular complexity index is 1060. The third-order valence-corrected chi connectivity index (χ3v) is 5.68. The molecular formula is C22H20F3N3O3S. The highest BCUT2D eigenvalue weighted by atomic mass is 32.1. The Hall–Kier alpha value is -2.95. The molecule has 0 unspecified atom stereocenters. The van der Waals surface area contributed by atoms with E-state index < -0.39 is 11.7 Å². The molecule has 168 valence electrons. The highest BCUT2D eigenvalue weighted by molar-refractivity contribution is 7.13. The van der Waals surface area contributed by atoms with Crippen LogP contribution in [0, 0.1) is 0 Å². The molecule has 1 N–H and O–H groups in total. The van der Waals surface area contributed by atoms with Crippen LogP contribution >= 0.6 is 11.3 Å². The number of hydrazine groups is 1. The lowest BCUT2D eigenvalue weighted by Gasteiger charge is -2.26. The van der Waals surface area contributed by atoms with Crippen molar-refractivity contribution in [1.82, 2.24) is 15.4 Å². The number of nitrogens with zero attached hydrogens (tertiary/aromatic N) is 2. The van der Waals surface area contributed by atoms with Crippen LogP contribution in [0.1, 0.15) is 21.6 Å². The van der Waals surface area contributed by atoms with Gasteiger partial charge in [-0.2, -0.15) is 13.2 Å². The van der Waals surface area contributed by atoms with E-state index in [1.807, 2.05) is 12.1 Å². The number of nitrogens with one attached hydrogen (secondary N) is 1. The summed E-state index contributed by atoms with van der Waals surface area (Å²) < 4.78 is 49.3. The summed E-state index contributed by atoms with van der Waals surface area (Å²) in [5.41, 5.74) is 3.73. The molecule has 2 aromatic carbocycles. The lowest BCUT2D eigenvalue weighted by molar-refractivity contribution is -0.137. The van der Waals surface area contributed by atoms with Crippen molar-refractivity contribution in [2.75, 3.05) is 26.3 Å². The second kappa shape index (κ2) is 9.68. The number of thiazole rings is 1. The van der Waals surface area contributed by atoms with Crippen LogP contribution in [0.25, 0.3) is 10.6 Å². The summed E-state index contributed by atoms with van der Waals surface area (Å²) in [6.07, 6.45) is -4.37. The van der Waals surface area contributed by atoms with E-state index in [9.17, 15) is 18.0 Å². The second-order valence-corrected chi connectivity index (χ2v) is 7.92. The number of aromatic nitrogens is 1. The maximum absolute atomic E-state index is 12.7. The number of halogens is 3. The highest BCUT2D eigenvalue weighted by Gasteiger charge is 2.30. The third kappa shape index (κ3) is 5.45. The van der Waals surface area contributed by atoms with Crippen molar-refractivity contribution in [2.45, 2.75) is 12.8 Å². The van der Waals surface area contributed by atoms with E-state index in [1.54, 1.807) is 22.5 Å². The maximum atomic E-state index is 12.7. The minimum absolute atomic E-state index is 0.102. The van der Waals surface area contributed by atoms with Gasteiger partial charge in [0.15, 0.2) is 0 Å². The summed E-state index contributed by atoms with van der Waals surface area (Å²) >= 11 is 1.31. The lowest BCUT2D eigenvalue weighted by atomic mass is 10.1. The summed E-state index contributed by atoms with van der Waals surface area (Å²) in [7, 11) is 0. The Morgan fingerprint density at radius 1 is 1.12 bits per heavy atom. The van der Waals surface area contributed by atoms with Crippen LogP contribution in [-0.4, -0.2) is 42.2 Å². The molecule has 1 aromatic heterocycles. The van der Waals surface area contributed by atoms with E-state index in [0.29, 0.717) is 53.9 Å². The Balaban J connectivity index is 1.44. The molecule has 1 aliphatic heterocycles. The van der Waals surface area contributed by atoms with Gasteiger partial charge in [0.2, 0.25) is 0 Å². The molecule has 3 aromatic rings. The molecule has 0 aliphatic carbocycles. The van der Waals surface area contributed by atoms with Crippen LogP contribution in [0.5, 0.6) is 5.75 Å². The second-order valence-electron chi connectivity index (χ2n) is 7.06. The summed E-state index contributed by atoms with van der Waals surface area (Å²) in [4.78, 5) is 16.9. The monoisotopic (exact) mass is 463 g/mol. The molecule has 0 radical (unpaired) electrons. The van der Waals surface area contributed by atoms with E-state index in [0.717, 1.165) is 12.1 Å². The minimum Gasteiger partial charge on any atom is -0.488 e. The standard InChI is InChI=1S/C22H20F3N3O3S/c23-22(24,25)16-7-5-15(6-8-16)13-31-19-4-2-1-3-17(19)21-26-18(14-32-21)20(29)27-28-9-11-30-12-10-28/h1-8,14H,9-13H2,(H,27,29). The van der Waals surface area contributed by atoms with Crippen molar-refractivity contribution in [3.8, 4) is 16.3 Å². The van der Waals surface area contributed by atoms with E-state index in [1.165, 1.54) is 23.5 Å². The average Bonchev–Trinajstić information content (AvgIpc) is 3.29. The number of ether oxygens (including phenoxy) is 2. The van der Waals surface area contributed by atoms with Crippen molar-refractivity contribution in [3.63, 3.8) is 0 Å². The summed E-state index contributed by atoms with van der Waals surface area (Å²) in [6, 6.07) is 12.1. The first-order valence-corrected chi connectivity index (χ1v) is 10.8. The van der Waals surface area contributed by atoms with Gasteiger partial charge in [0.25, 0.3) is 5.91 Å². The smallest absolute Gasteiger partial charge is 0.416 e. The van der Waals surface area contributed by atoms with Gasteiger partial charge in [0, 0.05) is 18.5 Å². The predicted molar refractivity (Wildman–Crippen MR) is 113 cm³/mol. The molecule has 1 saturated heterocycles. The normalized spacial score (nSPS) is 14.8. The summed E-state index contributed by atoms with van der Waals surface area (Å²) in [5, 5.41) is 4.09. The Labute approximate surface area is 186 Å². The molecular weight excluding hydrogens is 443 g/mol. The molecule has 1 amide bonds. The molecule has 0 spiro atoms. The van der Waals surface area contributed by atoms with Gasteiger partial charge in [-0.05, 0) is 29.8 Å². The molecule has 4 rings (SSSR count). The number of hydrogen-bond donors (Lipinski definition) is 1. The van der Waals surface area contributed by atoms with Crippen molar-refractivity contribution in [1.29, 1.82) is 0 Å². The SMILES string of the molecule is O=C(NN1CCOCC1)c1csc(-c2ccccc2OCc2ccc(C(F)(F)F)cc2)n1. The Morgan fingerprint density at radius 2 is 1.84 bits per heavy atom. The number of para-hydroxylation sites is 1. The molecule has 0 atom stereocenters. The molecule has 6 nitrogen and oxygen atoms in total. The molecule has 1 aliphatic rings. The number of carbonyl (C=O) groups is 1. The van der Waals surface area contributed by atoms with Crippen molar-refractivity contribution >= 4 is 17.2 Å². The van der Waals surface area contributed by atoms with Gasteiger partial charge in [-0.15, -0.1) is 11.3 Å². The van der Waals surface area contributed by atoms with Gasteiger partial charge in [0.05, 0.1) is 24.3 Å². The van der Waals surface area contributed by atoms with Crippen LogP contribution < -0.4 is 10.2 Å². The van der Waals surface area contributed by atoms with Gasteiger partial charge in [0.1, 0.15) is 23.1 Å². The number of amides is 1. The topological polar surface area (TPSA) is 63.7 Å². The zero-order chi connectivity index (χ0) is 22.6. The number of carbonyl (C=O) groups excluding carboxylic acids is 1. The largest absolute Gasteiger partial charge is 0.488 e. The fourth-order valence-electron chi connectivity index (χ4n) is 3.10. The molecule has 0 bridgehead atoms. The number of rotatable bonds is 6. The zero-order valence-corrected chi connectivity index (χ0v) is 17.7. The number of alkyl halides is 3. The van der Waals surface area contributed by atoms with Gasteiger partial charge in [-0.25, -0.2) is 9.99 Å². The number of morpholine rings is 1. The van der Waals surface area contributed by atoms with E-state index in [4.69, 9.17) is 9.47 Å². The minimum atomic E-state index is -4.37. The molecule has 32 heavy (non-hydrogen) atoms.